The molecule has 2 rings (SSSR count). The van der Waals surface area contributed by atoms with Gasteiger partial charge >= 0.3 is 12.0 Å². The van der Waals surface area contributed by atoms with Gasteiger partial charge in [-0.15, -0.1) is 0 Å². The van der Waals surface area contributed by atoms with Crippen molar-refractivity contribution in [1.82, 2.24) is 15.1 Å². The zero-order valence-electron chi connectivity index (χ0n) is 11.6. The number of hydrogen-bond donors (Lipinski definition) is 2. The standard InChI is InChI=1S/C12H20N4O4/c1-20-9(17)8-15-5-2-12(3-6-15)10(18)16(7-4-13)11(19)14-12/h2-8,13H2,1H3,(H,14,19). The molecule has 0 aromatic heterocycles. The first-order valence-corrected chi connectivity index (χ1v) is 6.66. The van der Waals surface area contributed by atoms with E-state index in [1.54, 1.807) is 0 Å². The average Bonchev–Trinajstić information content (AvgIpc) is 2.66. The summed E-state index contributed by atoms with van der Waals surface area (Å²) >= 11 is 0. The second-order valence-corrected chi connectivity index (χ2v) is 5.11. The Morgan fingerprint density at radius 3 is 2.60 bits per heavy atom. The monoisotopic (exact) mass is 284 g/mol. The summed E-state index contributed by atoms with van der Waals surface area (Å²) in [6, 6.07) is -0.373. The first-order chi connectivity index (χ1) is 9.52. The van der Waals surface area contributed by atoms with Crippen molar-refractivity contribution in [3.8, 4) is 0 Å². The fourth-order valence-corrected chi connectivity index (χ4v) is 2.69. The molecule has 0 saturated carbocycles. The SMILES string of the molecule is COC(=O)CN1CCC2(CC1)NC(=O)N(CCN)C2=O. The maximum absolute atomic E-state index is 12.3. The van der Waals surface area contributed by atoms with Crippen LogP contribution in [0.25, 0.3) is 0 Å². The van der Waals surface area contributed by atoms with E-state index in [-0.39, 0.29) is 37.5 Å². The lowest BCUT2D eigenvalue weighted by molar-refractivity contribution is -0.142. The van der Waals surface area contributed by atoms with Gasteiger partial charge in [0.15, 0.2) is 0 Å². The molecule has 2 fully saturated rings. The van der Waals surface area contributed by atoms with Gasteiger partial charge in [0.1, 0.15) is 5.54 Å². The van der Waals surface area contributed by atoms with E-state index >= 15 is 0 Å². The van der Waals surface area contributed by atoms with Crippen LogP contribution in [0.5, 0.6) is 0 Å². The third-order valence-electron chi connectivity index (χ3n) is 3.89. The van der Waals surface area contributed by atoms with Crippen LogP contribution in [-0.2, 0) is 14.3 Å². The summed E-state index contributed by atoms with van der Waals surface area (Å²) in [5.41, 5.74) is 4.59. The molecule has 2 aliphatic heterocycles. The van der Waals surface area contributed by atoms with Gasteiger partial charge in [0.25, 0.3) is 5.91 Å². The summed E-state index contributed by atoms with van der Waals surface area (Å²) < 4.78 is 4.62. The van der Waals surface area contributed by atoms with Crippen LogP contribution in [0.15, 0.2) is 0 Å². The molecule has 0 aromatic rings. The van der Waals surface area contributed by atoms with Crippen molar-refractivity contribution in [2.45, 2.75) is 18.4 Å². The van der Waals surface area contributed by atoms with Crippen LogP contribution < -0.4 is 11.1 Å². The molecule has 0 bridgehead atoms. The Balaban J connectivity index is 1.97. The third-order valence-corrected chi connectivity index (χ3v) is 3.89. The van der Waals surface area contributed by atoms with Gasteiger partial charge in [-0.2, -0.15) is 0 Å². The normalized spacial score (nSPS) is 22.2. The van der Waals surface area contributed by atoms with Crippen LogP contribution in [0.3, 0.4) is 0 Å². The predicted molar refractivity (Wildman–Crippen MR) is 69.7 cm³/mol. The lowest BCUT2D eigenvalue weighted by Gasteiger charge is -2.36. The molecule has 0 aliphatic carbocycles. The van der Waals surface area contributed by atoms with E-state index < -0.39 is 5.54 Å². The highest BCUT2D eigenvalue weighted by molar-refractivity contribution is 6.07. The lowest BCUT2D eigenvalue weighted by Crippen LogP contribution is -2.55. The number of hydrogen-bond acceptors (Lipinski definition) is 6. The van der Waals surface area contributed by atoms with Crippen LogP contribution in [0, 0.1) is 0 Å². The number of imide groups is 1. The molecular formula is C12H20N4O4. The predicted octanol–water partition coefficient (Wildman–Crippen LogP) is -1.50. The first-order valence-electron chi connectivity index (χ1n) is 6.66. The number of urea groups is 1. The van der Waals surface area contributed by atoms with E-state index in [4.69, 9.17) is 5.73 Å². The average molecular weight is 284 g/mol. The number of nitrogens with zero attached hydrogens (tertiary/aromatic N) is 2. The molecule has 0 unspecified atom stereocenters. The van der Waals surface area contributed by atoms with Gasteiger partial charge < -0.3 is 15.8 Å². The second kappa shape index (κ2) is 5.76. The number of nitrogens with two attached hydrogens (primary N) is 1. The first kappa shape index (κ1) is 14.7. The van der Waals surface area contributed by atoms with Crippen molar-refractivity contribution in [2.24, 2.45) is 5.73 Å². The number of nitrogens with one attached hydrogen (secondary N) is 1. The van der Waals surface area contributed by atoms with Crippen LogP contribution in [0.4, 0.5) is 4.79 Å². The number of rotatable bonds is 4. The van der Waals surface area contributed by atoms with Gasteiger partial charge in [-0.25, -0.2) is 4.79 Å². The molecule has 112 valence electrons. The maximum atomic E-state index is 12.3. The Morgan fingerprint density at radius 2 is 2.05 bits per heavy atom. The third kappa shape index (κ3) is 2.61. The number of carbonyl (C=O) groups is 3. The number of amides is 3. The van der Waals surface area contributed by atoms with Crippen molar-refractivity contribution in [2.75, 3.05) is 39.8 Å². The maximum Gasteiger partial charge on any atom is 0.325 e. The summed E-state index contributed by atoms with van der Waals surface area (Å²) in [5.74, 6) is -0.502. The molecule has 0 aromatic carbocycles. The molecule has 20 heavy (non-hydrogen) atoms. The molecular weight excluding hydrogens is 264 g/mol. The van der Waals surface area contributed by atoms with Gasteiger partial charge in [-0.3, -0.25) is 19.4 Å². The molecule has 0 atom stereocenters. The Labute approximate surface area is 117 Å². The van der Waals surface area contributed by atoms with Crippen LogP contribution in [0.2, 0.25) is 0 Å². The number of ether oxygens (including phenoxy) is 1. The number of likely N-dealkylation sites (tertiary alicyclic amines) is 1. The van der Waals surface area contributed by atoms with E-state index in [1.807, 2.05) is 4.90 Å². The Hall–Kier alpha value is -1.67. The number of piperidine rings is 1. The minimum Gasteiger partial charge on any atom is -0.468 e. The molecule has 2 saturated heterocycles. The van der Waals surface area contributed by atoms with Crippen molar-refractivity contribution < 1.29 is 19.1 Å². The van der Waals surface area contributed by atoms with Crippen LogP contribution in [0.1, 0.15) is 12.8 Å². The number of carbonyl (C=O) groups excluding carboxylic acids is 3. The summed E-state index contributed by atoms with van der Waals surface area (Å²) in [7, 11) is 1.35. The highest BCUT2D eigenvalue weighted by Gasteiger charge is 2.51. The van der Waals surface area contributed by atoms with Crippen molar-refractivity contribution in [3.05, 3.63) is 0 Å². The largest absolute Gasteiger partial charge is 0.468 e. The smallest absolute Gasteiger partial charge is 0.325 e. The lowest BCUT2D eigenvalue weighted by atomic mass is 9.87. The zero-order valence-corrected chi connectivity index (χ0v) is 11.6. The number of esters is 1. The van der Waals surface area contributed by atoms with Gasteiger partial charge in [0.05, 0.1) is 13.7 Å². The molecule has 2 heterocycles. The molecule has 3 N–H and O–H groups in total. The van der Waals surface area contributed by atoms with E-state index in [2.05, 4.69) is 10.1 Å². The van der Waals surface area contributed by atoms with Crippen LogP contribution >= 0.6 is 0 Å². The topological polar surface area (TPSA) is 105 Å². The van der Waals surface area contributed by atoms with E-state index in [0.29, 0.717) is 25.9 Å². The summed E-state index contributed by atoms with van der Waals surface area (Å²) in [6.07, 6.45) is 0.991. The summed E-state index contributed by atoms with van der Waals surface area (Å²) in [4.78, 5) is 38.5. The molecule has 0 radical (unpaired) electrons. The van der Waals surface area contributed by atoms with Crippen molar-refractivity contribution in [3.63, 3.8) is 0 Å². The Bertz CT molecular complexity index is 418. The molecule has 8 heteroatoms. The Kier molecular flexibility index (Phi) is 4.24. The van der Waals surface area contributed by atoms with Gasteiger partial charge in [-0.1, -0.05) is 0 Å². The molecule has 8 nitrogen and oxygen atoms in total. The van der Waals surface area contributed by atoms with Crippen molar-refractivity contribution >= 4 is 17.9 Å². The van der Waals surface area contributed by atoms with E-state index in [0.717, 1.165) is 0 Å². The molecule has 2 aliphatic rings. The zero-order chi connectivity index (χ0) is 14.8. The van der Waals surface area contributed by atoms with Crippen molar-refractivity contribution in [1.29, 1.82) is 0 Å². The van der Waals surface area contributed by atoms with Gasteiger partial charge in [-0.05, 0) is 12.8 Å². The Morgan fingerprint density at radius 1 is 1.40 bits per heavy atom. The van der Waals surface area contributed by atoms with Gasteiger partial charge in [0.2, 0.25) is 0 Å². The summed E-state index contributed by atoms with van der Waals surface area (Å²) in [5, 5.41) is 2.78. The minimum atomic E-state index is -0.821. The second-order valence-electron chi connectivity index (χ2n) is 5.11. The van der Waals surface area contributed by atoms with E-state index in [9.17, 15) is 14.4 Å². The number of methoxy groups -OCH3 is 1. The highest BCUT2D eigenvalue weighted by atomic mass is 16.5. The van der Waals surface area contributed by atoms with Gasteiger partial charge in [0, 0.05) is 26.2 Å². The fourth-order valence-electron chi connectivity index (χ4n) is 2.69. The molecule has 3 amide bonds. The summed E-state index contributed by atoms with van der Waals surface area (Å²) in [6.45, 7) is 1.83. The highest BCUT2D eigenvalue weighted by Crippen LogP contribution is 2.29. The van der Waals surface area contributed by atoms with Crippen LogP contribution in [-0.4, -0.2) is 73.1 Å². The van der Waals surface area contributed by atoms with E-state index in [1.165, 1.54) is 12.0 Å². The molecule has 1 spiro atoms. The fraction of sp³-hybridized carbons (Fsp3) is 0.750. The minimum absolute atomic E-state index is 0.203. The quantitative estimate of drug-likeness (QED) is 0.481.